The monoisotopic (exact) mass is 247 g/mol. The first-order valence-electron chi connectivity index (χ1n) is 7.20. The van der Waals surface area contributed by atoms with Crippen LogP contribution in [0.3, 0.4) is 0 Å². The van der Waals surface area contributed by atoms with Crippen LogP contribution in [0.2, 0.25) is 0 Å². The van der Waals surface area contributed by atoms with Gasteiger partial charge in [-0.25, -0.2) is 0 Å². The van der Waals surface area contributed by atoms with Crippen LogP contribution in [0.5, 0.6) is 5.75 Å². The van der Waals surface area contributed by atoms with E-state index in [1.165, 1.54) is 44.1 Å². The maximum absolute atomic E-state index is 9.75. The molecule has 0 aromatic heterocycles. The maximum Gasteiger partial charge on any atom is 0.115 e. The summed E-state index contributed by atoms with van der Waals surface area (Å²) >= 11 is 0. The fourth-order valence-corrected chi connectivity index (χ4v) is 3.37. The first-order valence-corrected chi connectivity index (χ1v) is 7.20. The van der Waals surface area contributed by atoms with E-state index in [1.54, 1.807) is 6.07 Å². The molecule has 1 saturated carbocycles. The molecule has 0 spiro atoms. The molecule has 2 rings (SSSR count). The van der Waals surface area contributed by atoms with E-state index < -0.39 is 0 Å². The predicted molar refractivity (Wildman–Crippen MR) is 75.8 cm³/mol. The Morgan fingerprint density at radius 2 is 1.94 bits per heavy atom. The van der Waals surface area contributed by atoms with E-state index in [0.717, 1.165) is 6.54 Å². The van der Waals surface area contributed by atoms with Crippen molar-refractivity contribution >= 4 is 0 Å². The zero-order chi connectivity index (χ0) is 13.0. The molecular weight excluding hydrogens is 222 g/mol. The second-order valence-corrected chi connectivity index (χ2v) is 5.56. The Morgan fingerprint density at radius 3 is 2.56 bits per heavy atom. The van der Waals surface area contributed by atoms with Crippen molar-refractivity contribution in [2.45, 2.75) is 51.0 Å². The zero-order valence-electron chi connectivity index (χ0n) is 11.7. The van der Waals surface area contributed by atoms with Gasteiger partial charge in [0.25, 0.3) is 0 Å². The third-order valence-corrected chi connectivity index (χ3v) is 4.35. The number of aromatic hydroxyl groups is 1. The fraction of sp³-hybridized carbons (Fsp3) is 0.625. The predicted octanol–water partition coefficient (Wildman–Crippen LogP) is 3.89. The topological polar surface area (TPSA) is 23.5 Å². The minimum absolute atomic E-state index is 0.146. The van der Waals surface area contributed by atoms with Crippen molar-refractivity contribution < 1.29 is 5.11 Å². The molecule has 1 aliphatic rings. The van der Waals surface area contributed by atoms with Crippen molar-refractivity contribution in [2.75, 3.05) is 13.6 Å². The largest absolute Gasteiger partial charge is 0.508 e. The normalized spacial score (nSPS) is 19.1. The van der Waals surface area contributed by atoms with Crippen molar-refractivity contribution in [1.29, 1.82) is 0 Å². The molecule has 0 heterocycles. The van der Waals surface area contributed by atoms with E-state index in [2.05, 4.69) is 24.9 Å². The molecule has 0 amide bonds. The van der Waals surface area contributed by atoms with Crippen LogP contribution in [-0.2, 0) is 5.54 Å². The molecule has 1 aliphatic carbocycles. The Labute approximate surface area is 111 Å². The van der Waals surface area contributed by atoms with Gasteiger partial charge in [0.2, 0.25) is 0 Å². The number of phenolic OH excluding ortho intramolecular Hbond substituents is 1. The summed E-state index contributed by atoms with van der Waals surface area (Å²) in [6.45, 7) is 3.35. The van der Waals surface area contributed by atoms with Crippen LogP contribution < -0.4 is 0 Å². The van der Waals surface area contributed by atoms with Gasteiger partial charge in [0, 0.05) is 5.54 Å². The second kappa shape index (κ2) is 5.75. The van der Waals surface area contributed by atoms with Gasteiger partial charge in [0.05, 0.1) is 0 Å². The summed E-state index contributed by atoms with van der Waals surface area (Å²) in [5.74, 6) is 0.391. The first-order chi connectivity index (χ1) is 8.69. The molecule has 0 unspecified atom stereocenters. The molecule has 2 heteroatoms. The maximum atomic E-state index is 9.75. The summed E-state index contributed by atoms with van der Waals surface area (Å²) in [7, 11) is 2.23. The third kappa shape index (κ3) is 2.54. The van der Waals surface area contributed by atoms with E-state index in [9.17, 15) is 5.11 Å². The number of benzene rings is 1. The number of rotatable bonds is 4. The molecule has 2 nitrogen and oxygen atoms in total. The lowest BCUT2D eigenvalue weighted by atomic mass is 9.75. The van der Waals surface area contributed by atoms with Gasteiger partial charge in [-0.1, -0.05) is 38.3 Å². The van der Waals surface area contributed by atoms with E-state index >= 15 is 0 Å². The van der Waals surface area contributed by atoms with E-state index in [0.29, 0.717) is 5.75 Å². The van der Waals surface area contributed by atoms with Crippen LogP contribution in [0.1, 0.15) is 51.0 Å². The summed E-state index contributed by atoms with van der Waals surface area (Å²) in [5.41, 5.74) is 1.44. The summed E-state index contributed by atoms with van der Waals surface area (Å²) in [5, 5.41) is 9.75. The molecule has 0 bridgehead atoms. The fourth-order valence-electron chi connectivity index (χ4n) is 3.37. The summed E-state index contributed by atoms with van der Waals surface area (Å²) in [6, 6.07) is 7.87. The molecule has 1 aromatic carbocycles. The van der Waals surface area contributed by atoms with Gasteiger partial charge in [-0.3, -0.25) is 4.90 Å². The number of phenols is 1. The molecule has 0 saturated heterocycles. The minimum Gasteiger partial charge on any atom is -0.508 e. The van der Waals surface area contributed by atoms with Gasteiger partial charge in [0.1, 0.15) is 5.75 Å². The Bertz CT molecular complexity index is 382. The average Bonchev–Trinajstić information content (AvgIpc) is 2.40. The highest BCUT2D eigenvalue weighted by atomic mass is 16.3. The summed E-state index contributed by atoms with van der Waals surface area (Å²) in [6.07, 6.45) is 7.55. The molecule has 0 atom stereocenters. The number of nitrogens with zero attached hydrogens (tertiary/aromatic N) is 1. The SMILES string of the molecule is CCCN(C)C1(c2cccc(O)c2)CCCCC1. The molecule has 1 aromatic rings. The lowest BCUT2D eigenvalue weighted by Crippen LogP contribution is -2.45. The molecule has 18 heavy (non-hydrogen) atoms. The van der Waals surface area contributed by atoms with Crippen LogP contribution in [-0.4, -0.2) is 23.6 Å². The Hall–Kier alpha value is -1.02. The van der Waals surface area contributed by atoms with E-state index in [1.807, 2.05) is 12.1 Å². The number of hydrogen-bond acceptors (Lipinski definition) is 2. The highest BCUT2D eigenvalue weighted by Gasteiger charge is 2.37. The highest BCUT2D eigenvalue weighted by molar-refractivity contribution is 5.33. The van der Waals surface area contributed by atoms with Gasteiger partial charge in [0.15, 0.2) is 0 Å². The molecule has 1 fully saturated rings. The smallest absolute Gasteiger partial charge is 0.115 e. The highest BCUT2D eigenvalue weighted by Crippen LogP contribution is 2.42. The van der Waals surface area contributed by atoms with Crippen molar-refractivity contribution in [2.24, 2.45) is 0 Å². The molecule has 0 radical (unpaired) electrons. The van der Waals surface area contributed by atoms with Crippen LogP contribution in [0.4, 0.5) is 0 Å². The third-order valence-electron chi connectivity index (χ3n) is 4.35. The zero-order valence-corrected chi connectivity index (χ0v) is 11.7. The van der Waals surface area contributed by atoms with Crippen molar-refractivity contribution in [3.8, 4) is 5.75 Å². The Balaban J connectivity index is 2.34. The summed E-state index contributed by atoms with van der Waals surface area (Å²) < 4.78 is 0. The van der Waals surface area contributed by atoms with Crippen molar-refractivity contribution in [3.63, 3.8) is 0 Å². The standard InChI is InChI=1S/C16H25NO/c1-3-12-17(2)16(10-5-4-6-11-16)14-8-7-9-15(18)13-14/h7-9,13,18H,3-6,10-12H2,1-2H3. The van der Waals surface area contributed by atoms with Crippen molar-refractivity contribution in [1.82, 2.24) is 4.90 Å². The Kier molecular flexibility index (Phi) is 4.28. The molecular formula is C16H25NO. The molecule has 0 aliphatic heterocycles. The lowest BCUT2D eigenvalue weighted by molar-refractivity contribution is 0.0724. The summed E-state index contributed by atoms with van der Waals surface area (Å²) in [4.78, 5) is 2.50. The van der Waals surface area contributed by atoms with Gasteiger partial charge in [-0.05, 0) is 50.6 Å². The van der Waals surface area contributed by atoms with Crippen LogP contribution in [0.25, 0.3) is 0 Å². The van der Waals surface area contributed by atoms with Gasteiger partial charge < -0.3 is 5.11 Å². The van der Waals surface area contributed by atoms with Gasteiger partial charge in [-0.15, -0.1) is 0 Å². The average molecular weight is 247 g/mol. The lowest BCUT2D eigenvalue weighted by Gasteiger charge is -2.45. The van der Waals surface area contributed by atoms with E-state index in [-0.39, 0.29) is 5.54 Å². The molecule has 1 N–H and O–H groups in total. The van der Waals surface area contributed by atoms with Crippen LogP contribution in [0, 0.1) is 0 Å². The second-order valence-electron chi connectivity index (χ2n) is 5.56. The Morgan fingerprint density at radius 1 is 1.22 bits per heavy atom. The van der Waals surface area contributed by atoms with Crippen LogP contribution in [0.15, 0.2) is 24.3 Å². The number of hydrogen-bond donors (Lipinski definition) is 1. The first kappa shape index (κ1) is 13.4. The van der Waals surface area contributed by atoms with Gasteiger partial charge >= 0.3 is 0 Å². The van der Waals surface area contributed by atoms with E-state index in [4.69, 9.17) is 0 Å². The minimum atomic E-state index is 0.146. The molecule has 100 valence electrons. The van der Waals surface area contributed by atoms with Crippen molar-refractivity contribution in [3.05, 3.63) is 29.8 Å². The quantitative estimate of drug-likeness (QED) is 0.872. The van der Waals surface area contributed by atoms with Crippen LogP contribution >= 0.6 is 0 Å². The van der Waals surface area contributed by atoms with Gasteiger partial charge in [-0.2, -0.15) is 0 Å².